The third kappa shape index (κ3) is 2.76. The lowest BCUT2D eigenvalue weighted by molar-refractivity contribution is 0.411. The summed E-state index contributed by atoms with van der Waals surface area (Å²) in [5.41, 5.74) is 3.28. The third-order valence-electron chi connectivity index (χ3n) is 3.14. The van der Waals surface area contributed by atoms with E-state index in [4.69, 9.17) is 4.74 Å². The zero-order chi connectivity index (χ0) is 13.8. The molecule has 2 rings (SSSR count). The van der Waals surface area contributed by atoms with Crippen molar-refractivity contribution in [3.63, 3.8) is 0 Å². The Morgan fingerprint density at radius 1 is 1.05 bits per heavy atom. The topological polar surface area (TPSA) is 59.1 Å². The molecule has 0 atom stereocenters. The lowest BCUT2D eigenvalue weighted by Crippen LogP contribution is -2.00. The molecule has 0 aliphatic heterocycles. The average molecular weight is 258 g/mol. The van der Waals surface area contributed by atoms with E-state index in [-0.39, 0.29) is 0 Å². The van der Waals surface area contributed by atoms with E-state index in [1.165, 1.54) is 6.33 Å². The van der Waals surface area contributed by atoms with Crippen molar-refractivity contribution < 1.29 is 4.74 Å². The number of benzene rings is 1. The van der Waals surface area contributed by atoms with Gasteiger partial charge in [-0.15, -0.1) is 0 Å². The van der Waals surface area contributed by atoms with E-state index in [9.17, 15) is 0 Å². The molecule has 0 aliphatic rings. The highest BCUT2D eigenvalue weighted by atomic mass is 16.5. The second-order valence-corrected chi connectivity index (χ2v) is 4.23. The number of methoxy groups -OCH3 is 1. The van der Waals surface area contributed by atoms with Crippen molar-refractivity contribution in [1.29, 1.82) is 0 Å². The van der Waals surface area contributed by atoms with Crippen LogP contribution in [0.25, 0.3) is 0 Å². The van der Waals surface area contributed by atoms with Crippen molar-refractivity contribution in [2.75, 3.05) is 24.8 Å². The van der Waals surface area contributed by atoms with E-state index in [0.29, 0.717) is 0 Å². The molecule has 0 radical (unpaired) electrons. The number of nitrogens with one attached hydrogen (secondary N) is 2. The van der Waals surface area contributed by atoms with Crippen LogP contribution in [0.1, 0.15) is 11.1 Å². The van der Waals surface area contributed by atoms with Crippen LogP contribution in [0.15, 0.2) is 24.5 Å². The van der Waals surface area contributed by atoms with Crippen molar-refractivity contribution >= 4 is 17.3 Å². The Hall–Kier alpha value is -2.30. The van der Waals surface area contributed by atoms with E-state index in [1.807, 2.05) is 32.2 Å². The van der Waals surface area contributed by atoms with Gasteiger partial charge in [-0.05, 0) is 37.1 Å². The molecule has 100 valence electrons. The normalized spacial score (nSPS) is 10.1. The van der Waals surface area contributed by atoms with Crippen molar-refractivity contribution in [2.45, 2.75) is 13.8 Å². The molecule has 1 heterocycles. The van der Waals surface area contributed by atoms with Crippen LogP contribution in [-0.2, 0) is 0 Å². The number of hydrogen-bond acceptors (Lipinski definition) is 5. The fourth-order valence-electron chi connectivity index (χ4n) is 1.85. The van der Waals surface area contributed by atoms with Crippen molar-refractivity contribution in [3.8, 4) is 5.75 Å². The lowest BCUT2D eigenvalue weighted by atomic mass is 10.1. The Kier molecular flexibility index (Phi) is 3.85. The van der Waals surface area contributed by atoms with Crippen molar-refractivity contribution in [2.24, 2.45) is 0 Å². The number of nitrogens with zero attached hydrogens (tertiary/aromatic N) is 2. The fourth-order valence-corrected chi connectivity index (χ4v) is 1.85. The summed E-state index contributed by atoms with van der Waals surface area (Å²) >= 11 is 0. The van der Waals surface area contributed by atoms with Gasteiger partial charge in [-0.3, -0.25) is 0 Å². The predicted octanol–water partition coefficient (Wildman–Crippen LogP) is 2.89. The number of ether oxygens (including phenoxy) is 1. The summed E-state index contributed by atoms with van der Waals surface area (Å²) in [4.78, 5) is 8.29. The van der Waals surface area contributed by atoms with E-state index >= 15 is 0 Å². The zero-order valence-electron chi connectivity index (χ0n) is 11.6. The van der Waals surface area contributed by atoms with Gasteiger partial charge in [0, 0.05) is 18.8 Å². The smallest absolute Gasteiger partial charge is 0.135 e. The number of rotatable bonds is 4. The summed E-state index contributed by atoms with van der Waals surface area (Å²) in [7, 11) is 3.51. The van der Waals surface area contributed by atoms with Crippen LogP contribution in [0.5, 0.6) is 5.75 Å². The Labute approximate surface area is 113 Å². The van der Waals surface area contributed by atoms with Gasteiger partial charge in [-0.1, -0.05) is 0 Å². The molecule has 0 amide bonds. The highest BCUT2D eigenvalue weighted by Gasteiger charge is 2.07. The number of aromatic nitrogens is 2. The van der Waals surface area contributed by atoms with Gasteiger partial charge < -0.3 is 15.4 Å². The molecule has 5 heteroatoms. The first-order chi connectivity index (χ1) is 9.15. The zero-order valence-corrected chi connectivity index (χ0v) is 11.6. The van der Waals surface area contributed by atoms with Gasteiger partial charge in [0.05, 0.1) is 7.11 Å². The van der Waals surface area contributed by atoms with Gasteiger partial charge in [0.2, 0.25) is 0 Å². The maximum absolute atomic E-state index is 5.30. The molecule has 0 unspecified atom stereocenters. The monoisotopic (exact) mass is 258 g/mol. The molecular formula is C14H18N4O. The van der Waals surface area contributed by atoms with Gasteiger partial charge in [-0.25, -0.2) is 9.97 Å². The Balaban J connectivity index is 2.30. The first-order valence-electron chi connectivity index (χ1n) is 6.06. The van der Waals surface area contributed by atoms with E-state index in [0.717, 1.165) is 34.2 Å². The summed E-state index contributed by atoms with van der Waals surface area (Å²) in [5, 5.41) is 6.28. The van der Waals surface area contributed by atoms with E-state index in [1.54, 1.807) is 7.11 Å². The molecule has 1 aromatic heterocycles. The molecule has 0 fully saturated rings. The van der Waals surface area contributed by atoms with Gasteiger partial charge in [0.1, 0.15) is 23.7 Å². The Morgan fingerprint density at radius 3 is 2.47 bits per heavy atom. The molecule has 2 aromatic rings. The van der Waals surface area contributed by atoms with E-state index < -0.39 is 0 Å². The predicted molar refractivity (Wildman–Crippen MR) is 77.3 cm³/mol. The molecule has 19 heavy (non-hydrogen) atoms. The molecule has 0 bridgehead atoms. The molecule has 1 aromatic carbocycles. The first-order valence-corrected chi connectivity index (χ1v) is 6.06. The molecule has 0 saturated heterocycles. The summed E-state index contributed by atoms with van der Waals surface area (Å²) in [6, 6.07) is 5.80. The van der Waals surface area contributed by atoms with Gasteiger partial charge in [0.15, 0.2) is 0 Å². The molecule has 2 N–H and O–H groups in total. The van der Waals surface area contributed by atoms with Crippen molar-refractivity contribution in [1.82, 2.24) is 9.97 Å². The van der Waals surface area contributed by atoms with Crippen LogP contribution in [0, 0.1) is 13.8 Å². The fraction of sp³-hybridized carbons (Fsp3) is 0.286. The Morgan fingerprint density at radius 2 is 1.79 bits per heavy atom. The standard InChI is InChI=1S/C14H18N4O/c1-9-10(2)12(19-4)6-5-11(9)18-14-7-13(15-3)16-8-17-14/h5-8H,1-4H3,(H2,15,16,17,18). The maximum Gasteiger partial charge on any atom is 0.135 e. The third-order valence-corrected chi connectivity index (χ3v) is 3.14. The maximum atomic E-state index is 5.30. The summed E-state index contributed by atoms with van der Waals surface area (Å²) < 4.78 is 5.30. The van der Waals surface area contributed by atoms with Gasteiger partial charge in [0.25, 0.3) is 0 Å². The molecule has 0 saturated carbocycles. The van der Waals surface area contributed by atoms with Gasteiger partial charge >= 0.3 is 0 Å². The number of anilines is 3. The Bertz CT molecular complexity index is 584. The highest BCUT2D eigenvalue weighted by Crippen LogP contribution is 2.29. The lowest BCUT2D eigenvalue weighted by Gasteiger charge is -2.14. The van der Waals surface area contributed by atoms with Crippen LogP contribution in [-0.4, -0.2) is 24.1 Å². The van der Waals surface area contributed by atoms with Crippen LogP contribution in [0.3, 0.4) is 0 Å². The summed E-state index contributed by atoms with van der Waals surface area (Å²) in [6.45, 7) is 4.10. The highest BCUT2D eigenvalue weighted by molar-refractivity contribution is 5.65. The minimum absolute atomic E-state index is 0.756. The molecule has 0 aliphatic carbocycles. The van der Waals surface area contributed by atoms with Crippen LogP contribution >= 0.6 is 0 Å². The van der Waals surface area contributed by atoms with Crippen LogP contribution in [0.4, 0.5) is 17.3 Å². The minimum atomic E-state index is 0.756. The average Bonchev–Trinajstić information content (AvgIpc) is 2.44. The summed E-state index contributed by atoms with van der Waals surface area (Å²) in [6.07, 6.45) is 1.53. The first kappa shape index (κ1) is 13.1. The van der Waals surface area contributed by atoms with Crippen LogP contribution in [0.2, 0.25) is 0 Å². The second kappa shape index (κ2) is 5.56. The van der Waals surface area contributed by atoms with Crippen LogP contribution < -0.4 is 15.4 Å². The second-order valence-electron chi connectivity index (χ2n) is 4.23. The summed E-state index contributed by atoms with van der Waals surface area (Å²) in [5.74, 6) is 2.43. The van der Waals surface area contributed by atoms with Crippen molar-refractivity contribution in [3.05, 3.63) is 35.7 Å². The molecular weight excluding hydrogens is 240 g/mol. The SMILES string of the molecule is CNc1cc(Nc2ccc(OC)c(C)c2C)ncn1. The van der Waals surface area contributed by atoms with Gasteiger partial charge in [-0.2, -0.15) is 0 Å². The molecule has 0 spiro atoms. The largest absolute Gasteiger partial charge is 0.496 e. The number of hydrogen-bond donors (Lipinski definition) is 2. The molecule has 5 nitrogen and oxygen atoms in total. The quantitative estimate of drug-likeness (QED) is 0.883. The minimum Gasteiger partial charge on any atom is -0.496 e. The van der Waals surface area contributed by atoms with E-state index in [2.05, 4.69) is 27.5 Å².